The predicted molar refractivity (Wildman–Crippen MR) is 106 cm³/mol. The molecular weight excluding hydrogens is 372 g/mol. The van der Waals surface area contributed by atoms with Crippen LogP contribution in [-0.2, 0) is 16.1 Å². The summed E-state index contributed by atoms with van der Waals surface area (Å²) in [5.74, 6) is -0.876. The van der Waals surface area contributed by atoms with Crippen LogP contribution in [0.15, 0.2) is 65.6 Å². The lowest BCUT2D eigenvalue weighted by Crippen LogP contribution is -2.51. The molecule has 4 rings (SSSR count). The van der Waals surface area contributed by atoms with Gasteiger partial charge in [0.1, 0.15) is 12.6 Å². The predicted octanol–water partition coefficient (Wildman–Crippen LogP) is 0.152. The molecule has 4 N–H and O–H groups in total. The number of carbonyl (C=O) groups is 2. The van der Waals surface area contributed by atoms with Crippen molar-refractivity contribution >= 4 is 22.8 Å². The van der Waals surface area contributed by atoms with Gasteiger partial charge in [-0.25, -0.2) is 15.8 Å². The Bertz CT molecular complexity index is 1100. The summed E-state index contributed by atoms with van der Waals surface area (Å²) in [4.78, 5) is 40.8. The molecule has 1 fully saturated rings. The minimum atomic E-state index is -0.512. The largest absolute Gasteiger partial charge is 0.296 e. The van der Waals surface area contributed by atoms with Crippen molar-refractivity contribution in [3.63, 3.8) is 0 Å². The van der Waals surface area contributed by atoms with Crippen LogP contribution in [0.4, 0.5) is 0 Å². The first-order valence-corrected chi connectivity index (χ1v) is 9.21. The second kappa shape index (κ2) is 8.21. The highest BCUT2D eigenvalue weighted by molar-refractivity contribution is 5.86. The molecule has 2 heterocycles. The highest BCUT2D eigenvalue weighted by atomic mass is 16.2. The van der Waals surface area contributed by atoms with E-state index in [-0.39, 0.29) is 18.5 Å². The molecule has 0 aliphatic carbocycles. The van der Waals surface area contributed by atoms with Gasteiger partial charge in [0.25, 0.3) is 17.4 Å². The van der Waals surface area contributed by atoms with E-state index in [1.807, 2.05) is 30.3 Å². The zero-order valence-electron chi connectivity index (χ0n) is 15.5. The van der Waals surface area contributed by atoms with Gasteiger partial charge >= 0.3 is 0 Å². The molecule has 0 bridgehead atoms. The lowest BCUT2D eigenvalue weighted by atomic mass is 10.0. The average molecular weight is 392 g/mol. The van der Waals surface area contributed by atoms with Crippen molar-refractivity contribution in [1.29, 1.82) is 0 Å². The normalized spacial score (nSPS) is 18.5. The van der Waals surface area contributed by atoms with Crippen LogP contribution in [0.1, 0.15) is 18.0 Å². The smallest absolute Gasteiger partial charge is 0.269 e. The molecule has 9 heteroatoms. The molecule has 2 unspecified atom stereocenters. The van der Waals surface area contributed by atoms with Gasteiger partial charge in [0, 0.05) is 6.04 Å². The number of nitrogens with one attached hydrogen (secondary N) is 4. The molecule has 0 spiro atoms. The van der Waals surface area contributed by atoms with E-state index in [1.165, 1.54) is 10.8 Å². The average Bonchev–Trinajstić information content (AvgIpc) is 3.25. The number of carbonyl (C=O) groups excluding carboxylic acids is 2. The first-order chi connectivity index (χ1) is 14.1. The molecule has 2 aromatic carbocycles. The summed E-state index contributed by atoms with van der Waals surface area (Å²) >= 11 is 0. The highest BCUT2D eigenvalue weighted by Crippen LogP contribution is 2.21. The Morgan fingerprint density at radius 1 is 1.03 bits per heavy atom. The second-order valence-corrected chi connectivity index (χ2v) is 6.75. The van der Waals surface area contributed by atoms with Crippen LogP contribution < -0.4 is 27.3 Å². The number of rotatable bonds is 4. The van der Waals surface area contributed by atoms with E-state index in [2.05, 4.69) is 26.7 Å². The third kappa shape index (κ3) is 4.15. The van der Waals surface area contributed by atoms with Crippen LogP contribution >= 0.6 is 0 Å². The highest BCUT2D eigenvalue weighted by Gasteiger charge is 2.30. The lowest BCUT2D eigenvalue weighted by molar-refractivity contribution is -0.130. The minimum absolute atomic E-state index is 0.00408. The Morgan fingerprint density at radius 2 is 1.79 bits per heavy atom. The summed E-state index contributed by atoms with van der Waals surface area (Å²) in [7, 11) is 0. The third-order valence-electron chi connectivity index (χ3n) is 4.80. The van der Waals surface area contributed by atoms with Crippen molar-refractivity contribution in [1.82, 2.24) is 31.3 Å². The maximum absolute atomic E-state index is 12.4. The van der Waals surface area contributed by atoms with Gasteiger partial charge in [-0.05, 0) is 24.1 Å². The maximum Gasteiger partial charge on any atom is 0.269 e. The molecule has 1 aromatic heterocycles. The van der Waals surface area contributed by atoms with E-state index in [4.69, 9.17) is 0 Å². The standard InChI is InChI=1S/C20H20N6O3/c27-18(12-26-17-9-5-4-8-14(17)21-11-19(26)28)24-25-20(29)16-10-15(22-23-16)13-6-2-1-3-7-13/h1-9,11,15-16,22-23H,10,12H2,(H,24,27)(H,25,29). The van der Waals surface area contributed by atoms with Crippen LogP contribution in [0.5, 0.6) is 0 Å². The third-order valence-corrected chi connectivity index (χ3v) is 4.80. The summed E-state index contributed by atoms with van der Waals surface area (Å²) in [5.41, 5.74) is 12.6. The zero-order chi connectivity index (χ0) is 20.2. The number of amides is 2. The molecule has 1 aliphatic heterocycles. The van der Waals surface area contributed by atoms with Crippen molar-refractivity contribution in [2.75, 3.05) is 0 Å². The molecule has 9 nitrogen and oxygen atoms in total. The Hall–Kier alpha value is -3.56. The number of hydrazine groups is 2. The van der Waals surface area contributed by atoms with E-state index in [0.717, 1.165) is 5.56 Å². The summed E-state index contributed by atoms with van der Waals surface area (Å²) in [5, 5.41) is 0. The van der Waals surface area contributed by atoms with Crippen LogP contribution in [0, 0.1) is 0 Å². The number of nitrogens with zero attached hydrogens (tertiary/aromatic N) is 2. The topological polar surface area (TPSA) is 117 Å². The molecule has 2 amide bonds. The molecule has 29 heavy (non-hydrogen) atoms. The van der Waals surface area contributed by atoms with Crippen molar-refractivity contribution in [3.8, 4) is 0 Å². The maximum atomic E-state index is 12.4. The summed E-state index contributed by atoms with van der Waals surface area (Å²) in [6.45, 7) is -0.231. The summed E-state index contributed by atoms with van der Waals surface area (Å²) < 4.78 is 1.31. The molecule has 0 saturated carbocycles. The van der Waals surface area contributed by atoms with Gasteiger partial charge in [0.05, 0.1) is 17.2 Å². The van der Waals surface area contributed by atoms with Gasteiger partial charge in [0.2, 0.25) is 0 Å². The monoisotopic (exact) mass is 392 g/mol. The number of hydrogen-bond donors (Lipinski definition) is 4. The van der Waals surface area contributed by atoms with Gasteiger partial charge < -0.3 is 0 Å². The van der Waals surface area contributed by atoms with E-state index < -0.39 is 17.5 Å². The number of aromatic nitrogens is 2. The fourth-order valence-corrected chi connectivity index (χ4v) is 3.31. The second-order valence-electron chi connectivity index (χ2n) is 6.75. The van der Waals surface area contributed by atoms with Gasteiger partial charge in [-0.2, -0.15) is 0 Å². The lowest BCUT2D eigenvalue weighted by Gasteiger charge is -2.13. The molecular formula is C20H20N6O3. The number of hydrogen-bond acceptors (Lipinski definition) is 6. The van der Waals surface area contributed by atoms with Crippen LogP contribution in [0.2, 0.25) is 0 Å². The van der Waals surface area contributed by atoms with Crippen molar-refractivity contribution in [3.05, 3.63) is 76.7 Å². The van der Waals surface area contributed by atoms with Crippen molar-refractivity contribution < 1.29 is 9.59 Å². The fraction of sp³-hybridized carbons (Fsp3) is 0.200. The van der Waals surface area contributed by atoms with Gasteiger partial charge in [-0.15, -0.1) is 0 Å². The van der Waals surface area contributed by atoms with Crippen LogP contribution in [0.25, 0.3) is 11.0 Å². The molecule has 148 valence electrons. The molecule has 3 aromatic rings. The zero-order valence-corrected chi connectivity index (χ0v) is 15.5. The SMILES string of the molecule is O=C(Cn1c(=O)cnc2ccccc21)NNC(=O)C1CC(c2ccccc2)NN1. The molecule has 0 radical (unpaired) electrons. The molecule has 1 aliphatic rings. The Kier molecular flexibility index (Phi) is 5.32. The quantitative estimate of drug-likeness (QED) is 0.470. The number of benzene rings is 2. The van der Waals surface area contributed by atoms with Crippen LogP contribution in [0.3, 0.4) is 0 Å². The van der Waals surface area contributed by atoms with E-state index in [9.17, 15) is 14.4 Å². The Labute approximate surface area is 166 Å². The van der Waals surface area contributed by atoms with Gasteiger partial charge in [-0.3, -0.25) is 29.8 Å². The number of para-hydroxylation sites is 2. The Balaban J connectivity index is 1.34. The van der Waals surface area contributed by atoms with Crippen molar-refractivity contribution in [2.45, 2.75) is 25.0 Å². The number of fused-ring (bicyclic) bond motifs is 1. The Morgan fingerprint density at radius 3 is 2.62 bits per heavy atom. The van der Waals surface area contributed by atoms with Gasteiger partial charge in [0.15, 0.2) is 0 Å². The van der Waals surface area contributed by atoms with Crippen molar-refractivity contribution in [2.24, 2.45) is 0 Å². The minimum Gasteiger partial charge on any atom is -0.296 e. The van der Waals surface area contributed by atoms with Crippen LogP contribution in [-0.4, -0.2) is 27.4 Å². The first kappa shape index (κ1) is 18.8. The molecule has 2 atom stereocenters. The summed E-state index contributed by atoms with van der Waals surface area (Å²) in [6.07, 6.45) is 1.71. The summed E-state index contributed by atoms with van der Waals surface area (Å²) in [6, 6.07) is 16.3. The molecule has 1 saturated heterocycles. The first-order valence-electron chi connectivity index (χ1n) is 9.21. The fourth-order valence-electron chi connectivity index (χ4n) is 3.31. The van der Waals surface area contributed by atoms with E-state index in [0.29, 0.717) is 17.5 Å². The van der Waals surface area contributed by atoms with E-state index in [1.54, 1.807) is 24.3 Å². The van der Waals surface area contributed by atoms with E-state index >= 15 is 0 Å². The van der Waals surface area contributed by atoms with Gasteiger partial charge in [-0.1, -0.05) is 42.5 Å².